The van der Waals surface area contributed by atoms with E-state index in [-0.39, 0.29) is 0 Å². The van der Waals surface area contributed by atoms with Gasteiger partial charge in [-0.25, -0.2) is 0 Å². The summed E-state index contributed by atoms with van der Waals surface area (Å²) in [6.07, 6.45) is 2.37. The van der Waals surface area contributed by atoms with Crippen LogP contribution in [0.25, 0.3) is 10.1 Å². The van der Waals surface area contributed by atoms with Crippen LogP contribution in [0.4, 0.5) is 0 Å². The Morgan fingerprint density at radius 3 is 2.74 bits per heavy atom. The van der Waals surface area contributed by atoms with E-state index in [4.69, 9.17) is 11.6 Å². The first-order valence-corrected chi connectivity index (χ1v) is 7.46. The molecule has 1 aliphatic carbocycles. The maximum absolute atomic E-state index is 11.3. The number of carboxylic acids is 1. The molecule has 2 N–H and O–H groups in total. The van der Waals surface area contributed by atoms with Gasteiger partial charge in [-0.1, -0.05) is 29.8 Å². The zero-order valence-electron chi connectivity index (χ0n) is 10.3. The molecular weight excluding hydrogens is 282 g/mol. The van der Waals surface area contributed by atoms with E-state index in [0.29, 0.717) is 19.4 Å². The first kappa shape index (κ1) is 12.9. The van der Waals surface area contributed by atoms with Crippen molar-refractivity contribution in [3.63, 3.8) is 0 Å². The molecule has 1 aliphatic rings. The average Bonchev–Trinajstić information content (AvgIpc) is 2.65. The van der Waals surface area contributed by atoms with Crippen LogP contribution in [0.2, 0.25) is 5.02 Å². The van der Waals surface area contributed by atoms with Gasteiger partial charge in [-0.3, -0.25) is 10.1 Å². The number of thiophene rings is 1. The smallest absolute Gasteiger partial charge is 0.323 e. The van der Waals surface area contributed by atoms with Gasteiger partial charge in [0.1, 0.15) is 5.54 Å². The molecule has 2 aromatic rings. The third kappa shape index (κ3) is 2.14. The molecule has 3 rings (SSSR count). The van der Waals surface area contributed by atoms with Crippen LogP contribution in [0.1, 0.15) is 24.1 Å². The standard InChI is InChI=1S/C14H14ClNO2S/c15-12-9-4-1-2-5-10(9)19-11(12)8-16-14(13(17)18)6-3-7-14/h1-2,4-5,16H,3,6-8H2,(H,17,18). The van der Waals surface area contributed by atoms with E-state index in [9.17, 15) is 9.90 Å². The summed E-state index contributed by atoms with van der Waals surface area (Å²) in [6, 6.07) is 7.97. The number of halogens is 1. The van der Waals surface area contributed by atoms with Gasteiger partial charge in [0, 0.05) is 21.5 Å². The molecule has 1 fully saturated rings. The van der Waals surface area contributed by atoms with Gasteiger partial charge in [0.2, 0.25) is 0 Å². The molecule has 19 heavy (non-hydrogen) atoms. The second-order valence-corrected chi connectivity index (χ2v) is 6.44. The highest BCUT2D eigenvalue weighted by molar-refractivity contribution is 7.19. The normalized spacial score (nSPS) is 17.3. The van der Waals surface area contributed by atoms with Gasteiger partial charge in [0.15, 0.2) is 0 Å². The molecule has 1 heterocycles. The summed E-state index contributed by atoms with van der Waals surface area (Å²) >= 11 is 7.97. The highest BCUT2D eigenvalue weighted by atomic mass is 35.5. The van der Waals surface area contributed by atoms with E-state index in [1.165, 1.54) is 0 Å². The molecule has 0 atom stereocenters. The molecule has 0 bridgehead atoms. The minimum Gasteiger partial charge on any atom is -0.480 e. The summed E-state index contributed by atoms with van der Waals surface area (Å²) in [5.41, 5.74) is -0.737. The maximum Gasteiger partial charge on any atom is 0.323 e. The van der Waals surface area contributed by atoms with Crippen molar-refractivity contribution < 1.29 is 9.90 Å². The number of hydrogen-bond acceptors (Lipinski definition) is 3. The average molecular weight is 296 g/mol. The fourth-order valence-corrected chi connectivity index (χ4v) is 3.86. The van der Waals surface area contributed by atoms with Crippen molar-refractivity contribution in [2.75, 3.05) is 0 Å². The fourth-order valence-electron chi connectivity index (χ4n) is 2.42. The largest absolute Gasteiger partial charge is 0.480 e. The Morgan fingerprint density at radius 1 is 1.42 bits per heavy atom. The van der Waals surface area contributed by atoms with Crippen molar-refractivity contribution in [3.05, 3.63) is 34.2 Å². The van der Waals surface area contributed by atoms with Crippen LogP contribution in [0, 0.1) is 0 Å². The lowest BCUT2D eigenvalue weighted by Gasteiger charge is -2.38. The number of carbonyl (C=O) groups is 1. The molecular formula is C14H14ClNO2S. The number of nitrogens with one attached hydrogen (secondary N) is 1. The lowest BCUT2D eigenvalue weighted by atomic mass is 9.77. The van der Waals surface area contributed by atoms with E-state index in [0.717, 1.165) is 26.4 Å². The molecule has 3 nitrogen and oxygen atoms in total. The molecule has 0 unspecified atom stereocenters. The molecule has 100 valence electrons. The predicted octanol–water partition coefficient (Wildman–Crippen LogP) is 3.65. The Labute approximate surface area is 120 Å². The van der Waals surface area contributed by atoms with Crippen molar-refractivity contribution in [2.24, 2.45) is 0 Å². The third-order valence-electron chi connectivity index (χ3n) is 3.81. The molecule has 1 saturated carbocycles. The molecule has 0 aliphatic heterocycles. The van der Waals surface area contributed by atoms with Crippen molar-refractivity contribution in [1.82, 2.24) is 5.32 Å². The number of fused-ring (bicyclic) bond motifs is 1. The number of rotatable bonds is 4. The highest BCUT2D eigenvalue weighted by Gasteiger charge is 2.43. The summed E-state index contributed by atoms with van der Waals surface area (Å²) in [5.74, 6) is -0.754. The zero-order valence-corrected chi connectivity index (χ0v) is 11.9. The molecule has 0 radical (unpaired) electrons. The monoisotopic (exact) mass is 295 g/mol. The van der Waals surface area contributed by atoms with Crippen molar-refractivity contribution in [3.8, 4) is 0 Å². The van der Waals surface area contributed by atoms with Crippen LogP contribution in [0.3, 0.4) is 0 Å². The first-order valence-electron chi connectivity index (χ1n) is 6.27. The molecule has 0 saturated heterocycles. The van der Waals surface area contributed by atoms with E-state index in [1.807, 2.05) is 24.3 Å². The van der Waals surface area contributed by atoms with Crippen molar-refractivity contribution in [1.29, 1.82) is 0 Å². The summed E-state index contributed by atoms with van der Waals surface area (Å²) < 4.78 is 1.14. The summed E-state index contributed by atoms with van der Waals surface area (Å²) in [6.45, 7) is 0.518. The minimum atomic E-state index is -0.754. The minimum absolute atomic E-state index is 0.518. The van der Waals surface area contributed by atoms with Crippen molar-refractivity contribution >= 4 is 39.0 Å². The van der Waals surface area contributed by atoms with Crippen LogP contribution in [-0.4, -0.2) is 16.6 Å². The van der Waals surface area contributed by atoms with E-state index >= 15 is 0 Å². The molecule has 0 amide bonds. The van der Waals surface area contributed by atoms with Gasteiger partial charge in [0.05, 0.1) is 5.02 Å². The van der Waals surface area contributed by atoms with Gasteiger partial charge < -0.3 is 5.11 Å². The van der Waals surface area contributed by atoms with Gasteiger partial charge in [0.25, 0.3) is 0 Å². The Bertz CT molecular complexity index is 633. The number of hydrogen-bond donors (Lipinski definition) is 2. The molecule has 1 aromatic heterocycles. The lowest BCUT2D eigenvalue weighted by Crippen LogP contribution is -2.56. The Kier molecular flexibility index (Phi) is 3.25. The Balaban J connectivity index is 1.82. The topological polar surface area (TPSA) is 49.3 Å². The highest BCUT2D eigenvalue weighted by Crippen LogP contribution is 2.37. The lowest BCUT2D eigenvalue weighted by molar-refractivity contribution is -0.148. The van der Waals surface area contributed by atoms with E-state index in [1.54, 1.807) is 11.3 Å². The molecule has 5 heteroatoms. The van der Waals surface area contributed by atoms with Gasteiger partial charge in [-0.2, -0.15) is 0 Å². The van der Waals surface area contributed by atoms with Gasteiger partial charge >= 0.3 is 5.97 Å². The summed E-state index contributed by atoms with van der Waals surface area (Å²) in [5, 5.41) is 14.2. The van der Waals surface area contributed by atoms with Crippen LogP contribution in [0.5, 0.6) is 0 Å². The van der Waals surface area contributed by atoms with Gasteiger partial charge in [-0.15, -0.1) is 11.3 Å². The maximum atomic E-state index is 11.3. The summed E-state index contributed by atoms with van der Waals surface area (Å²) in [4.78, 5) is 12.3. The fraction of sp³-hybridized carbons (Fsp3) is 0.357. The van der Waals surface area contributed by atoms with Gasteiger partial charge in [-0.05, 0) is 25.3 Å². The van der Waals surface area contributed by atoms with Crippen molar-refractivity contribution in [2.45, 2.75) is 31.3 Å². The van der Waals surface area contributed by atoms with E-state index < -0.39 is 11.5 Å². The number of carboxylic acid groups (broad SMARTS) is 1. The van der Waals surface area contributed by atoms with Crippen LogP contribution in [-0.2, 0) is 11.3 Å². The van der Waals surface area contributed by atoms with E-state index in [2.05, 4.69) is 5.32 Å². The SMILES string of the molecule is O=C(O)C1(NCc2sc3ccccc3c2Cl)CCC1. The summed E-state index contributed by atoms with van der Waals surface area (Å²) in [7, 11) is 0. The quantitative estimate of drug-likeness (QED) is 0.905. The number of benzene rings is 1. The Morgan fingerprint density at radius 2 is 2.16 bits per heavy atom. The second-order valence-electron chi connectivity index (χ2n) is 4.93. The molecule has 1 aromatic carbocycles. The van der Waals surface area contributed by atoms with Crippen LogP contribution in [0.15, 0.2) is 24.3 Å². The Hall–Kier alpha value is -1.10. The van der Waals surface area contributed by atoms with Crippen LogP contribution >= 0.6 is 22.9 Å². The van der Waals surface area contributed by atoms with Crippen LogP contribution < -0.4 is 5.32 Å². The second kappa shape index (κ2) is 4.78. The molecule has 0 spiro atoms. The zero-order chi connectivity index (χ0) is 13.5. The predicted molar refractivity (Wildman–Crippen MR) is 77.9 cm³/mol. The third-order valence-corrected chi connectivity index (χ3v) is 5.52. The first-order chi connectivity index (χ1) is 9.12. The number of aliphatic carboxylic acids is 1.